The minimum absolute atomic E-state index is 0.0474. The van der Waals surface area contributed by atoms with Crippen molar-refractivity contribution in [1.82, 2.24) is 4.90 Å². The first-order valence-corrected chi connectivity index (χ1v) is 7.50. The molecular weight excluding hydrogens is 266 g/mol. The molecule has 1 aliphatic rings. The molecule has 0 aromatic heterocycles. The standard InChI is InChI=1S/C16H25N3O2/c1-12-14(17)5-3-6-15(12)18-16(20)7-4-9-19-10-8-13(11-19)21-2/h3,5-6,13H,4,7-11,17H2,1-2H3,(H,18,20). The average Bonchev–Trinajstić information content (AvgIpc) is 2.92. The molecule has 0 saturated carbocycles. The third-order valence-corrected chi connectivity index (χ3v) is 4.09. The first kappa shape index (κ1) is 15.8. The molecule has 0 radical (unpaired) electrons. The number of likely N-dealkylation sites (tertiary alicyclic amines) is 1. The zero-order valence-corrected chi connectivity index (χ0v) is 12.9. The summed E-state index contributed by atoms with van der Waals surface area (Å²) in [4.78, 5) is 14.3. The number of carbonyl (C=O) groups excluding carboxylic acids is 1. The monoisotopic (exact) mass is 291 g/mol. The van der Waals surface area contributed by atoms with Gasteiger partial charge in [0, 0.05) is 38.0 Å². The normalized spacial score (nSPS) is 18.9. The predicted molar refractivity (Wildman–Crippen MR) is 85.3 cm³/mol. The van der Waals surface area contributed by atoms with E-state index >= 15 is 0 Å². The first-order chi connectivity index (χ1) is 10.1. The van der Waals surface area contributed by atoms with Gasteiger partial charge in [0.05, 0.1) is 6.10 Å². The Morgan fingerprint density at radius 1 is 1.52 bits per heavy atom. The van der Waals surface area contributed by atoms with E-state index in [0.29, 0.717) is 18.2 Å². The lowest BCUT2D eigenvalue weighted by Gasteiger charge is -2.15. The number of nitrogens with zero attached hydrogens (tertiary/aromatic N) is 1. The molecule has 1 atom stereocenters. The molecular formula is C16H25N3O2. The van der Waals surface area contributed by atoms with E-state index in [9.17, 15) is 4.79 Å². The molecule has 0 bridgehead atoms. The molecule has 1 unspecified atom stereocenters. The minimum Gasteiger partial charge on any atom is -0.398 e. The molecule has 21 heavy (non-hydrogen) atoms. The molecule has 1 saturated heterocycles. The van der Waals surface area contributed by atoms with Crippen LogP contribution in [0.5, 0.6) is 0 Å². The van der Waals surface area contributed by atoms with Gasteiger partial charge < -0.3 is 20.7 Å². The molecule has 2 rings (SSSR count). The van der Waals surface area contributed by atoms with Crippen LogP contribution in [0.15, 0.2) is 18.2 Å². The van der Waals surface area contributed by atoms with Crippen LogP contribution >= 0.6 is 0 Å². The van der Waals surface area contributed by atoms with Crippen LogP contribution in [-0.4, -0.2) is 43.7 Å². The molecule has 0 aliphatic carbocycles. The van der Waals surface area contributed by atoms with Crippen molar-refractivity contribution < 1.29 is 9.53 Å². The quantitative estimate of drug-likeness (QED) is 0.787. The van der Waals surface area contributed by atoms with Gasteiger partial charge in [-0.3, -0.25) is 4.79 Å². The second-order valence-corrected chi connectivity index (χ2v) is 5.62. The van der Waals surface area contributed by atoms with Crippen LogP contribution in [0.4, 0.5) is 11.4 Å². The van der Waals surface area contributed by atoms with E-state index in [-0.39, 0.29) is 5.91 Å². The van der Waals surface area contributed by atoms with E-state index < -0.39 is 0 Å². The fraction of sp³-hybridized carbons (Fsp3) is 0.562. The Balaban J connectivity index is 1.72. The molecule has 1 aromatic carbocycles. The number of nitrogen functional groups attached to an aromatic ring is 1. The van der Waals surface area contributed by atoms with E-state index in [0.717, 1.165) is 43.7 Å². The van der Waals surface area contributed by atoms with Crippen molar-refractivity contribution in [3.05, 3.63) is 23.8 Å². The molecule has 1 aromatic rings. The fourth-order valence-electron chi connectivity index (χ4n) is 2.66. The number of carbonyl (C=O) groups is 1. The van der Waals surface area contributed by atoms with Gasteiger partial charge in [-0.2, -0.15) is 0 Å². The molecule has 1 fully saturated rings. The van der Waals surface area contributed by atoms with Crippen molar-refractivity contribution in [2.75, 3.05) is 37.8 Å². The number of hydrogen-bond donors (Lipinski definition) is 2. The smallest absolute Gasteiger partial charge is 0.224 e. The molecule has 5 heteroatoms. The summed E-state index contributed by atoms with van der Waals surface area (Å²) >= 11 is 0. The maximum absolute atomic E-state index is 12.0. The number of nitrogens with one attached hydrogen (secondary N) is 1. The zero-order valence-electron chi connectivity index (χ0n) is 12.9. The molecule has 1 aliphatic heterocycles. The number of anilines is 2. The molecule has 1 heterocycles. The van der Waals surface area contributed by atoms with Crippen molar-refractivity contribution in [3.8, 4) is 0 Å². The number of benzene rings is 1. The Morgan fingerprint density at radius 2 is 2.33 bits per heavy atom. The molecule has 116 valence electrons. The second-order valence-electron chi connectivity index (χ2n) is 5.62. The maximum atomic E-state index is 12.0. The highest BCUT2D eigenvalue weighted by Crippen LogP contribution is 2.20. The van der Waals surface area contributed by atoms with Crippen molar-refractivity contribution in [1.29, 1.82) is 0 Å². The van der Waals surface area contributed by atoms with Gasteiger partial charge in [0.2, 0.25) is 5.91 Å². The number of amides is 1. The van der Waals surface area contributed by atoms with Gasteiger partial charge in [-0.25, -0.2) is 0 Å². The van der Waals surface area contributed by atoms with Crippen LogP contribution in [0.25, 0.3) is 0 Å². The Bertz CT molecular complexity index is 490. The van der Waals surface area contributed by atoms with E-state index in [2.05, 4.69) is 10.2 Å². The van der Waals surface area contributed by atoms with Gasteiger partial charge in [0.25, 0.3) is 0 Å². The summed E-state index contributed by atoms with van der Waals surface area (Å²) in [5, 5.41) is 2.93. The van der Waals surface area contributed by atoms with Gasteiger partial charge in [0.15, 0.2) is 0 Å². The summed E-state index contributed by atoms with van der Waals surface area (Å²) in [7, 11) is 1.76. The van der Waals surface area contributed by atoms with Crippen molar-refractivity contribution in [3.63, 3.8) is 0 Å². The highest BCUT2D eigenvalue weighted by molar-refractivity contribution is 5.92. The SMILES string of the molecule is COC1CCN(CCCC(=O)Nc2cccc(N)c2C)C1. The largest absolute Gasteiger partial charge is 0.398 e. The van der Waals surface area contributed by atoms with Crippen molar-refractivity contribution in [2.45, 2.75) is 32.3 Å². The predicted octanol–water partition coefficient (Wildman–Crippen LogP) is 2.02. The van der Waals surface area contributed by atoms with Crippen molar-refractivity contribution in [2.24, 2.45) is 0 Å². The van der Waals surface area contributed by atoms with E-state index in [4.69, 9.17) is 10.5 Å². The van der Waals surface area contributed by atoms with Crippen LogP contribution in [0.2, 0.25) is 0 Å². The van der Waals surface area contributed by atoms with Gasteiger partial charge in [-0.15, -0.1) is 0 Å². The first-order valence-electron chi connectivity index (χ1n) is 7.50. The summed E-state index contributed by atoms with van der Waals surface area (Å²) in [5.41, 5.74) is 8.27. The lowest BCUT2D eigenvalue weighted by molar-refractivity contribution is -0.116. The van der Waals surface area contributed by atoms with Gasteiger partial charge in [-0.1, -0.05) is 6.07 Å². The van der Waals surface area contributed by atoms with Gasteiger partial charge in [-0.05, 0) is 44.0 Å². The molecule has 3 N–H and O–H groups in total. The molecule has 0 spiro atoms. The van der Waals surface area contributed by atoms with E-state index in [1.54, 1.807) is 7.11 Å². The maximum Gasteiger partial charge on any atom is 0.224 e. The summed E-state index contributed by atoms with van der Waals surface area (Å²) < 4.78 is 5.34. The summed E-state index contributed by atoms with van der Waals surface area (Å²) in [5.74, 6) is 0.0474. The minimum atomic E-state index is 0.0474. The second kappa shape index (κ2) is 7.43. The van der Waals surface area contributed by atoms with Gasteiger partial charge >= 0.3 is 0 Å². The number of nitrogens with two attached hydrogens (primary N) is 1. The van der Waals surface area contributed by atoms with E-state index in [1.807, 2.05) is 25.1 Å². The Hall–Kier alpha value is -1.59. The highest BCUT2D eigenvalue weighted by Gasteiger charge is 2.21. The topological polar surface area (TPSA) is 67.6 Å². The van der Waals surface area contributed by atoms with Crippen molar-refractivity contribution >= 4 is 17.3 Å². The lowest BCUT2D eigenvalue weighted by atomic mass is 10.1. The zero-order chi connectivity index (χ0) is 15.2. The van der Waals surface area contributed by atoms with Crippen LogP contribution in [0, 0.1) is 6.92 Å². The third kappa shape index (κ3) is 4.44. The summed E-state index contributed by atoms with van der Waals surface area (Å²) in [6, 6.07) is 5.57. The number of hydrogen-bond acceptors (Lipinski definition) is 4. The van der Waals surface area contributed by atoms with Crippen LogP contribution < -0.4 is 11.1 Å². The Labute approximate surface area is 126 Å². The lowest BCUT2D eigenvalue weighted by Crippen LogP contribution is -2.25. The van der Waals surface area contributed by atoms with Crippen LogP contribution in [0.1, 0.15) is 24.8 Å². The third-order valence-electron chi connectivity index (χ3n) is 4.09. The number of ether oxygens (including phenoxy) is 1. The van der Waals surface area contributed by atoms with Crippen LogP contribution in [-0.2, 0) is 9.53 Å². The Morgan fingerprint density at radius 3 is 3.05 bits per heavy atom. The molecule has 1 amide bonds. The van der Waals surface area contributed by atoms with E-state index in [1.165, 1.54) is 0 Å². The molecule has 5 nitrogen and oxygen atoms in total. The fourth-order valence-corrected chi connectivity index (χ4v) is 2.66. The average molecular weight is 291 g/mol. The summed E-state index contributed by atoms with van der Waals surface area (Å²) in [6.07, 6.45) is 2.84. The summed E-state index contributed by atoms with van der Waals surface area (Å²) in [6.45, 7) is 4.91. The highest BCUT2D eigenvalue weighted by atomic mass is 16.5. The van der Waals surface area contributed by atoms with Gasteiger partial charge in [0.1, 0.15) is 0 Å². The number of methoxy groups -OCH3 is 1. The number of rotatable bonds is 6. The Kier molecular flexibility index (Phi) is 5.59. The van der Waals surface area contributed by atoms with Crippen LogP contribution in [0.3, 0.4) is 0 Å².